The number of likely N-dealkylation sites (tertiary alicyclic amines) is 1. The monoisotopic (exact) mass is 339 g/mol. The molecule has 2 aromatic rings. The molecule has 1 aromatic heterocycles. The van der Waals surface area contributed by atoms with Gasteiger partial charge in [0.1, 0.15) is 5.75 Å². The molecule has 0 bridgehead atoms. The van der Waals surface area contributed by atoms with E-state index in [0.29, 0.717) is 18.0 Å². The van der Waals surface area contributed by atoms with Crippen LogP contribution in [0, 0.1) is 5.92 Å². The number of ether oxygens (including phenoxy) is 1. The highest BCUT2D eigenvalue weighted by Crippen LogP contribution is 2.23. The predicted octanol–water partition coefficient (Wildman–Crippen LogP) is 3.65. The molecule has 134 valence electrons. The van der Waals surface area contributed by atoms with Crippen molar-refractivity contribution >= 4 is 0 Å². The summed E-state index contributed by atoms with van der Waals surface area (Å²) in [5, 5.41) is 3.82. The molecular weight excluding hydrogens is 310 g/mol. The fourth-order valence-corrected chi connectivity index (χ4v) is 3.65. The van der Waals surface area contributed by atoms with Crippen molar-refractivity contribution in [1.82, 2.24) is 15.2 Å². The lowest BCUT2D eigenvalue weighted by molar-refractivity contribution is 0.134. The summed E-state index contributed by atoms with van der Waals surface area (Å²) in [7, 11) is 1.71. The summed E-state index contributed by atoms with van der Waals surface area (Å²) in [6.07, 6.45) is 3.05. The fraction of sp³-hybridized carbons (Fsp3) is 0.476. The third kappa shape index (κ3) is 4.80. The van der Waals surface area contributed by atoms with Gasteiger partial charge in [0.2, 0.25) is 0 Å². The van der Waals surface area contributed by atoms with Gasteiger partial charge in [-0.25, -0.2) is 0 Å². The maximum absolute atomic E-state index is 5.25. The SMILES string of the molecule is COc1ccc([C@H](C)N[C@@H]2CCN(Cc3ccccn3)C[C@@H]2C)cc1. The van der Waals surface area contributed by atoms with Gasteiger partial charge >= 0.3 is 0 Å². The smallest absolute Gasteiger partial charge is 0.118 e. The number of piperidine rings is 1. The Labute approximate surface area is 151 Å². The van der Waals surface area contributed by atoms with E-state index in [1.807, 2.05) is 24.4 Å². The third-order valence-corrected chi connectivity index (χ3v) is 5.18. The van der Waals surface area contributed by atoms with Crippen LogP contribution in [-0.2, 0) is 6.54 Å². The van der Waals surface area contributed by atoms with E-state index in [-0.39, 0.29) is 0 Å². The largest absolute Gasteiger partial charge is 0.497 e. The van der Waals surface area contributed by atoms with Gasteiger partial charge in [0.05, 0.1) is 12.8 Å². The van der Waals surface area contributed by atoms with Gasteiger partial charge in [-0.2, -0.15) is 0 Å². The number of hydrogen-bond acceptors (Lipinski definition) is 4. The number of nitrogens with zero attached hydrogens (tertiary/aromatic N) is 2. The van der Waals surface area contributed by atoms with E-state index in [4.69, 9.17) is 4.74 Å². The molecule has 1 saturated heterocycles. The number of nitrogens with one attached hydrogen (secondary N) is 1. The van der Waals surface area contributed by atoms with Crippen LogP contribution in [0.5, 0.6) is 5.75 Å². The molecule has 1 aliphatic rings. The van der Waals surface area contributed by atoms with Gasteiger partial charge in [0, 0.05) is 37.9 Å². The van der Waals surface area contributed by atoms with Crippen LogP contribution < -0.4 is 10.1 Å². The highest BCUT2D eigenvalue weighted by molar-refractivity contribution is 5.28. The second kappa shape index (κ2) is 8.45. The Balaban J connectivity index is 1.52. The van der Waals surface area contributed by atoms with Gasteiger partial charge in [-0.1, -0.05) is 25.1 Å². The first kappa shape index (κ1) is 17.9. The van der Waals surface area contributed by atoms with Crippen LogP contribution in [0.4, 0.5) is 0 Å². The summed E-state index contributed by atoms with van der Waals surface area (Å²) in [4.78, 5) is 6.97. The minimum atomic E-state index is 0.348. The minimum Gasteiger partial charge on any atom is -0.497 e. The Kier molecular flexibility index (Phi) is 6.05. The van der Waals surface area contributed by atoms with Gasteiger partial charge in [0.25, 0.3) is 0 Å². The molecule has 4 heteroatoms. The quantitative estimate of drug-likeness (QED) is 0.872. The van der Waals surface area contributed by atoms with E-state index in [2.05, 4.69) is 53.3 Å². The minimum absolute atomic E-state index is 0.348. The maximum Gasteiger partial charge on any atom is 0.118 e. The molecule has 0 amide bonds. The number of rotatable bonds is 6. The first-order valence-electron chi connectivity index (χ1n) is 9.18. The van der Waals surface area contributed by atoms with Crippen LogP contribution in [0.3, 0.4) is 0 Å². The highest BCUT2D eigenvalue weighted by Gasteiger charge is 2.27. The molecule has 25 heavy (non-hydrogen) atoms. The number of methoxy groups -OCH3 is 1. The zero-order valence-electron chi connectivity index (χ0n) is 15.5. The average Bonchev–Trinajstić information content (AvgIpc) is 2.65. The first-order chi connectivity index (χ1) is 12.2. The molecule has 1 aromatic carbocycles. The Hall–Kier alpha value is -1.91. The van der Waals surface area contributed by atoms with Crippen molar-refractivity contribution in [2.75, 3.05) is 20.2 Å². The fourth-order valence-electron chi connectivity index (χ4n) is 3.65. The van der Waals surface area contributed by atoms with Crippen molar-refractivity contribution in [3.63, 3.8) is 0 Å². The molecule has 1 fully saturated rings. The van der Waals surface area contributed by atoms with Crippen molar-refractivity contribution in [1.29, 1.82) is 0 Å². The first-order valence-corrected chi connectivity index (χ1v) is 9.18. The molecule has 3 atom stereocenters. The van der Waals surface area contributed by atoms with Gasteiger partial charge in [-0.3, -0.25) is 9.88 Å². The van der Waals surface area contributed by atoms with Gasteiger partial charge in [-0.15, -0.1) is 0 Å². The van der Waals surface area contributed by atoms with Crippen molar-refractivity contribution < 1.29 is 4.74 Å². The van der Waals surface area contributed by atoms with Crippen LogP contribution in [0.2, 0.25) is 0 Å². The molecule has 2 heterocycles. The van der Waals surface area contributed by atoms with E-state index < -0.39 is 0 Å². The van der Waals surface area contributed by atoms with E-state index in [0.717, 1.165) is 31.1 Å². The molecule has 3 rings (SSSR count). The maximum atomic E-state index is 5.25. The Morgan fingerprint density at radius 3 is 2.68 bits per heavy atom. The van der Waals surface area contributed by atoms with Gasteiger partial charge < -0.3 is 10.1 Å². The Bertz CT molecular complexity index is 644. The van der Waals surface area contributed by atoms with E-state index in [1.165, 1.54) is 12.0 Å². The standard InChI is InChI=1S/C21H29N3O/c1-16-14-24(15-19-6-4-5-12-22-19)13-11-21(16)23-17(2)18-7-9-20(25-3)10-8-18/h4-10,12,16-17,21,23H,11,13-15H2,1-3H3/t16-,17-,21+/m0/s1. The van der Waals surface area contributed by atoms with Crippen molar-refractivity contribution in [2.45, 2.75) is 38.9 Å². The van der Waals surface area contributed by atoms with Crippen LogP contribution >= 0.6 is 0 Å². The molecular formula is C21H29N3O. The molecule has 0 saturated carbocycles. The van der Waals surface area contributed by atoms with Crippen LogP contribution in [0.25, 0.3) is 0 Å². The summed E-state index contributed by atoms with van der Waals surface area (Å²) < 4.78 is 5.25. The lowest BCUT2D eigenvalue weighted by Gasteiger charge is -2.38. The van der Waals surface area contributed by atoms with E-state index in [1.54, 1.807) is 7.11 Å². The van der Waals surface area contributed by atoms with Crippen molar-refractivity contribution in [3.8, 4) is 5.75 Å². The predicted molar refractivity (Wildman–Crippen MR) is 102 cm³/mol. The zero-order chi connectivity index (χ0) is 17.6. The lowest BCUT2D eigenvalue weighted by Crippen LogP contribution is -2.48. The third-order valence-electron chi connectivity index (χ3n) is 5.18. The summed E-state index contributed by atoms with van der Waals surface area (Å²) in [5.41, 5.74) is 2.47. The normalized spacial score (nSPS) is 22.5. The second-order valence-electron chi connectivity index (χ2n) is 7.09. The molecule has 0 spiro atoms. The molecule has 4 nitrogen and oxygen atoms in total. The zero-order valence-corrected chi connectivity index (χ0v) is 15.5. The van der Waals surface area contributed by atoms with Gasteiger partial charge in [-0.05, 0) is 49.1 Å². The van der Waals surface area contributed by atoms with Gasteiger partial charge in [0.15, 0.2) is 0 Å². The summed E-state index contributed by atoms with van der Waals surface area (Å²) in [5.74, 6) is 1.53. The number of benzene rings is 1. The number of aromatic nitrogens is 1. The van der Waals surface area contributed by atoms with E-state index in [9.17, 15) is 0 Å². The average molecular weight is 339 g/mol. The van der Waals surface area contributed by atoms with Crippen LogP contribution in [0.15, 0.2) is 48.7 Å². The number of hydrogen-bond donors (Lipinski definition) is 1. The topological polar surface area (TPSA) is 37.4 Å². The molecule has 0 unspecified atom stereocenters. The molecule has 0 aliphatic carbocycles. The van der Waals surface area contributed by atoms with Crippen molar-refractivity contribution in [2.24, 2.45) is 5.92 Å². The van der Waals surface area contributed by atoms with Crippen LogP contribution in [-0.4, -0.2) is 36.1 Å². The summed E-state index contributed by atoms with van der Waals surface area (Å²) in [6.45, 7) is 7.78. The lowest BCUT2D eigenvalue weighted by atomic mass is 9.92. The summed E-state index contributed by atoms with van der Waals surface area (Å²) >= 11 is 0. The second-order valence-corrected chi connectivity index (χ2v) is 7.09. The van der Waals surface area contributed by atoms with Crippen molar-refractivity contribution in [3.05, 3.63) is 59.9 Å². The molecule has 1 aliphatic heterocycles. The molecule has 0 radical (unpaired) electrons. The Morgan fingerprint density at radius 1 is 1.24 bits per heavy atom. The van der Waals surface area contributed by atoms with Crippen LogP contribution in [0.1, 0.15) is 37.6 Å². The summed E-state index contributed by atoms with van der Waals surface area (Å²) in [6, 6.07) is 15.4. The molecule has 1 N–H and O–H groups in total. The number of pyridine rings is 1. The highest BCUT2D eigenvalue weighted by atomic mass is 16.5. The van der Waals surface area contributed by atoms with E-state index >= 15 is 0 Å². The Morgan fingerprint density at radius 2 is 2.04 bits per heavy atom.